The van der Waals surface area contributed by atoms with Crippen molar-refractivity contribution in [3.05, 3.63) is 30.5 Å². The minimum atomic E-state index is -3.11. The van der Waals surface area contributed by atoms with Crippen molar-refractivity contribution in [1.29, 1.82) is 0 Å². The molecule has 1 heterocycles. The van der Waals surface area contributed by atoms with Gasteiger partial charge in [0.15, 0.2) is 0 Å². The second kappa shape index (κ2) is 6.06. The van der Waals surface area contributed by atoms with Gasteiger partial charge in [0, 0.05) is 30.4 Å². The van der Waals surface area contributed by atoms with Crippen LogP contribution in [0.15, 0.2) is 30.5 Å². The summed E-state index contributed by atoms with van der Waals surface area (Å²) >= 11 is 0. The number of hydrogen-bond acceptors (Lipinski definition) is 5. The first-order valence-electron chi connectivity index (χ1n) is 6.29. The lowest BCUT2D eigenvalue weighted by atomic mass is 10.1. The van der Waals surface area contributed by atoms with E-state index in [0.29, 0.717) is 25.2 Å². The number of nitrogens with one attached hydrogen (secondary N) is 2. The van der Waals surface area contributed by atoms with Crippen LogP contribution >= 0.6 is 0 Å². The molecule has 0 amide bonds. The van der Waals surface area contributed by atoms with E-state index in [1.807, 2.05) is 24.3 Å². The molecule has 6 nitrogen and oxygen atoms in total. The number of hydrogen-bond donors (Lipinski definition) is 3. The fraction of sp³-hybridized carbons (Fsp3) is 0.308. The molecule has 0 aliphatic rings. The molecule has 0 saturated heterocycles. The van der Waals surface area contributed by atoms with Gasteiger partial charge in [0.1, 0.15) is 0 Å². The Morgan fingerprint density at radius 1 is 1.25 bits per heavy atom. The number of benzene rings is 1. The van der Waals surface area contributed by atoms with Crippen molar-refractivity contribution in [2.24, 2.45) is 0 Å². The van der Waals surface area contributed by atoms with Gasteiger partial charge in [-0.3, -0.25) is 4.98 Å². The van der Waals surface area contributed by atoms with E-state index in [-0.39, 0.29) is 0 Å². The summed E-state index contributed by atoms with van der Waals surface area (Å²) in [6.07, 6.45) is 3.55. The first kappa shape index (κ1) is 14.5. The number of nitrogen functional groups attached to an aromatic ring is 1. The zero-order valence-corrected chi connectivity index (χ0v) is 12.1. The first-order valence-corrected chi connectivity index (χ1v) is 8.18. The van der Waals surface area contributed by atoms with Gasteiger partial charge in [0.2, 0.25) is 10.0 Å². The van der Waals surface area contributed by atoms with Crippen LogP contribution in [0.5, 0.6) is 0 Å². The Hall–Kier alpha value is -1.86. The predicted octanol–water partition coefficient (Wildman–Crippen LogP) is 1.17. The predicted molar refractivity (Wildman–Crippen MR) is 82.1 cm³/mol. The van der Waals surface area contributed by atoms with Gasteiger partial charge in [-0.15, -0.1) is 0 Å². The molecular weight excluding hydrogens is 276 g/mol. The third-order valence-corrected chi connectivity index (χ3v) is 3.56. The lowest BCUT2D eigenvalue weighted by Crippen LogP contribution is -2.24. The van der Waals surface area contributed by atoms with E-state index in [0.717, 1.165) is 22.8 Å². The summed E-state index contributed by atoms with van der Waals surface area (Å²) in [6.45, 7) is 1.08. The van der Waals surface area contributed by atoms with Gasteiger partial charge in [-0.1, -0.05) is 12.1 Å². The molecule has 0 spiro atoms. The van der Waals surface area contributed by atoms with Crippen LogP contribution in [-0.4, -0.2) is 32.7 Å². The molecule has 20 heavy (non-hydrogen) atoms. The van der Waals surface area contributed by atoms with Crippen LogP contribution in [-0.2, 0) is 10.0 Å². The lowest BCUT2D eigenvalue weighted by Gasteiger charge is -2.10. The number of aromatic nitrogens is 1. The lowest BCUT2D eigenvalue weighted by molar-refractivity contribution is 0.586. The third kappa shape index (κ3) is 3.82. The highest BCUT2D eigenvalue weighted by molar-refractivity contribution is 7.88. The molecular formula is C13H18N4O2S. The standard InChI is InChI=1S/C13H18N4O2S/c1-20(18,19)17-8-3-7-15-12-6-9-16-13-10(12)4-2-5-11(13)14/h2,4-6,9,17H,3,7-8,14H2,1H3,(H,15,16). The molecule has 0 aliphatic carbocycles. The Balaban J connectivity index is 1.99. The molecule has 4 N–H and O–H groups in total. The SMILES string of the molecule is CS(=O)(=O)NCCCNc1ccnc2c(N)cccc12. The van der Waals surface area contributed by atoms with Crippen LogP contribution in [0.1, 0.15) is 6.42 Å². The highest BCUT2D eigenvalue weighted by Crippen LogP contribution is 2.25. The van der Waals surface area contributed by atoms with Crippen LogP contribution in [0.4, 0.5) is 11.4 Å². The first-order chi connectivity index (χ1) is 9.47. The van der Waals surface area contributed by atoms with Crippen LogP contribution < -0.4 is 15.8 Å². The summed E-state index contributed by atoms with van der Waals surface area (Å²) < 4.78 is 24.3. The van der Waals surface area contributed by atoms with Gasteiger partial charge < -0.3 is 11.1 Å². The van der Waals surface area contributed by atoms with Crippen molar-refractivity contribution in [1.82, 2.24) is 9.71 Å². The summed E-state index contributed by atoms with van der Waals surface area (Å²) in [5.41, 5.74) is 8.24. The van der Waals surface area contributed by atoms with E-state index in [1.54, 1.807) is 6.20 Å². The van der Waals surface area contributed by atoms with Crippen molar-refractivity contribution in [2.45, 2.75) is 6.42 Å². The van der Waals surface area contributed by atoms with E-state index in [2.05, 4.69) is 15.0 Å². The maximum Gasteiger partial charge on any atom is 0.208 e. The number of para-hydroxylation sites is 1. The molecule has 0 fully saturated rings. The molecule has 2 aromatic rings. The molecule has 0 aliphatic heterocycles. The van der Waals surface area contributed by atoms with E-state index in [4.69, 9.17) is 5.73 Å². The zero-order valence-electron chi connectivity index (χ0n) is 11.3. The summed E-state index contributed by atoms with van der Waals surface area (Å²) in [7, 11) is -3.11. The van der Waals surface area contributed by atoms with Crippen LogP contribution in [0, 0.1) is 0 Å². The third-order valence-electron chi connectivity index (χ3n) is 2.84. The van der Waals surface area contributed by atoms with E-state index in [1.165, 1.54) is 0 Å². The Kier molecular flexibility index (Phi) is 4.41. The molecule has 0 bridgehead atoms. The highest BCUT2D eigenvalue weighted by Gasteiger charge is 2.04. The molecule has 0 atom stereocenters. The molecule has 0 unspecified atom stereocenters. The van der Waals surface area contributed by atoms with Crippen LogP contribution in [0.25, 0.3) is 10.9 Å². The number of nitrogens with zero attached hydrogens (tertiary/aromatic N) is 1. The number of anilines is 2. The van der Waals surface area contributed by atoms with Gasteiger partial charge in [-0.25, -0.2) is 13.1 Å². The van der Waals surface area contributed by atoms with Gasteiger partial charge in [0.05, 0.1) is 17.5 Å². The van der Waals surface area contributed by atoms with Crippen LogP contribution in [0.3, 0.4) is 0 Å². The Morgan fingerprint density at radius 2 is 2.05 bits per heavy atom. The minimum Gasteiger partial charge on any atom is -0.397 e. The molecule has 1 aromatic carbocycles. The molecule has 2 rings (SSSR count). The van der Waals surface area contributed by atoms with Crippen molar-refractivity contribution >= 4 is 32.3 Å². The van der Waals surface area contributed by atoms with E-state index in [9.17, 15) is 8.42 Å². The number of rotatable bonds is 6. The maximum absolute atomic E-state index is 10.9. The molecule has 1 aromatic heterocycles. The van der Waals surface area contributed by atoms with E-state index >= 15 is 0 Å². The Labute approximate surface area is 118 Å². The number of sulfonamides is 1. The fourth-order valence-corrected chi connectivity index (χ4v) is 2.44. The topological polar surface area (TPSA) is 97.1 Å². The summed E-state index contributed by atoms with van der Waals surface area (Å²) in [5.74, 6) is 0. The molecule has 108 valence electrons. The Bertz CT molecular complexity index is 701. The number of fused-ring (bicyclic) bond motifs is 1. The number of nitrogens with two attached hydrogens (primary N) is 1. The average molecular weight is 294 g/mol. The second-order valence-electron chi connectivity index (χ2n) is 4.55. The fourth-order valence-electron chi connectivity index (χ4n) is 1.92. The maximum atomic E-state index is 10.9. The largest absolute Gasteiger partial charge is 0.397 e. The van der Waals surface area contributed by atoms with Crippen molar-refractivity contribution in [3.63, 3.8) is 0 Å². The van der Waals surface area contributed by atoms with Crippen molar-refractivity contribution in [3.8, 4) is 0 Å². The summed E-state index contributed by atoms with van der Waals surface area (Å²) in [6, 6.07) is 7.53. The molecule has 0 saturated carbocycles. The quantitative estimate of drug-likeness (QED) is 0.549. The Morgan fingerprint density at radius 3 is 2.80 bits per heavy atom. The zero-order chi connectivity index (χ0) is 14.6. The smallest absolute Gasteiger partial charge is 0.208 e. The second-order valence-corrected chi connectivity index (χ2v) is 6.38. The van der Waals surface area contributed by atoms with Gasteiger partial charge >= 0.3 is 0 Å². The summed E-state index contributed by atoms with van der Waals surface area (Å²) in [5, 5.41) is 4.23. The van der Waals surface area contributed by atoms with Crippen molar-refractivity contribution in [2.75, 3.05) is 30.4 Å². The van der Waals surface area contributed by atoms with Crippen LogP contribution in [0.2, 0.25) is 0 Å². The summed E-state index contributed by atoms with van der Waals surface area (Å²) in [4.78, 5) is 4.26. The molecule has 7 heteroatoms. The van der Waals surface area contributed by atoms with Gasteiger partial charge in [-0.05, 0) is 18.6 Å². The minimum absolute atomic E-state index is 0.414. The van der Waals surface area contributed by atoms with Gasteiger partial charge in [-0.2, -0.15) is 0 Å². The van der Waals surface area contributed by atoms with Gasteiger partial charge in [0.25, 0.3) is 0 Å². The monoisotopic (exact) mass is 294 g/mol. The van der Waals surface area contributed by atoms with Crippen molar-refractivity contribution < 1.29 is 8.42 Å². The average Bonchev–Trinajstić information content (AvgIpc) is 2.38. The molecule has 0 radical (unpaired) electrons. The highest BCUT2D eigenvalue weighted by atomic mass is 32.2. The normalized spacial score (nSPS) is 11.7. The number of pyridine rings is 1. The van der Waals surface area contributed by atoms with E-state index < -0.39 is 10.0 Å².